The number of hydrogen-bond donors (Lipinski definition) is 1. The third kappa shape index (κ3) is 3.82. The van der Waals surface area contributed by atoms with Gasteiger partial charge in [-0.2, -0.15) is 5.10 Å². The number of piperazine rings is 1. The van der Waals surface area contributed by atoms with Gasteiger partial charge < -0.3 is 15.1 Å². The van der Waals surface area contributed by atoms with E-state index in [-0.39, 0.29) is 11.9 Å². The third-order valence-corrected chi connectivity index (χ3v) is 5.29. The van der Waals surface area contributed by atoms with Crippen molar-refractivity contribution in [2.75, 3.05) is 31.5 Å². The fourth-order valence-electron chi connectivity index (χ4n) is 3.64. The Morgan fingerprint density at radius 3 is 2.37 bits per heavy atom. The summed E-state index contributed by atoms with van der Waals surface area (Å²) in [4.78, 5) is 28.7. The first-order valence-corrected chi connectivity index (χ1v) is 9.59. The maximum Gasteiger partial charge on any atom is 0.321 e. The number of nitrogens with one attached hydrogen (secondary N) is 1. The SMILES string of the molecule is Cc1ccc(NC(=O)N2CCN(C(=O)c3cc4n(n3)CCCC4)CC2)cc1. The second-order valence-corrected chi connectivity index (χ2v) is 7.28. The number of carbonyl (C=O) groups excluding carboxylic acids is 2. The van der Waals surface area contributed by atoms with Gasteiger partial charge in [0.1, 0.15) is 0 Å². The fraction of sp³-hybridized carbons (Fsp3) is 0.450. The van der Waals surface area contributed by atoms with E-state index in [1.54, 1.807) is 9.80 Å². The molecule has 0 saturated carbocycles. The molecular formula is C20H25N5O2. The highest BCUT2D eigenvalue weighted by Gasteiger charge is 2.27. The molecule has 0 spiro atoms. The zero-order chi connectivity index (χ0) is 18.8. The first-order chi connectivity index (χ1) is 13.1. The lowest BCUT2D eigenvalue weighted by molar-refractivity contribution is 0.0665. The van der Waals surface area contributed by atoms with Gasteiger partial charge in [-0.15, -0.1) is 0 Å². The highest BCUT2D eigenvalue weighted by atomic mass is 16.2. The van der Waals surface area contributed by atoms with Gasteiger partial charge in [0.15, 0.2) is 5.69 Å². The minimum absolute atomic E-state index is 0.0320. The summed E-state index contributed by atoms with van der Waals surface area (Å²) in [5.41, 5.74) is 3.62. The van der Waals surface area contributed by atoms with Gasteiger partial charge in [-0.1, -0.05) is 17.7 Å². The number of amides is 3. The molecule has 4 rings (SSSR count). The van der Waals surface area contributed by atoms with Gasteiger partial charge in [0.05, 0.1) is 0 Å². The molecule has 2 aromatic rings. The fourth-order valence-corrected chi connectivity index (χ4v) is 3.64. The van der Waals surface area contributed by atoms with Crippen molar-refractivity contribution in [3.05, 3.63) is 47.3 Å². The zero-order valence-electron chi connectivity index (χ0n) is 15.6. The Hall–Kier alpha value is -2.83. The first kappa shape index (κ1) is 17.6. The van der Waals surface area contributed by atoms with Crippen LogP contribution in [-0.4, -0.2) is 57.7 Å². The van der Waals surface area contributed by atoms with Crippen LogP contribution in [0.25, 0.3) is 0 Å². The summed E-state index contributed by atoms with van der Waals surface area (Å²) >= 11 is 0. The number of benzene rings is 1. The van der Waals surface area contributed by atoms with Crippen LogP contribution in [0.1, 0.15) is 34.6 Å². The molecule has 142 valence electrons. The van der Waals surface area contributed by atoms with Gasteiger partial charge in [0.2, 0.25) is 0 Å². The molecule has 1 saturated heterocycles. The van der Waals surface area contributed by atoms with Crippen molar-refractivity contribution in [3.63, 3.8) is 0 Å². The predicted molar refractivity (Wildman–Crippen MR) is 103 cm³/mol. The Bertz CT molecular complexity index is 811. The molecule has 1 aromatic carbocycles. The lowest BCUT2D eigenvalue weighted by Gasteiger charge is -2.34. The van der Waals surface area contributed by atoms with Crippen LogP contribution in [0.3, 0.4) is 0 Å². The summed E-state index contributed by atoms with van der Waals surface area (Å²) in [7, 11) is 0. The van der Waals surface area contributed by atoms with Gasteiger partial charge >= 0.3 is 6.03 Å². The number of rotatable bonds is 2. The van der Waals surface area contributed by atoms with Crippen molar-refractivity contribution in [2.45, 2.75) is 32.7 Å². The largest absolute Gasteiger partial charge is 0.334 e. The maximum atomic E-state index is 12.7. The highest BCUT2D eigenvalue weighted by Crippen LogP contribution is 2.17. The van der Waals surface area contributed by atoms with Gasteiger partial charge in [-0.05, 0) is 44.4 Å². The molecule has 1 fully saturated rings. The molecule has 0 bridgehead atoms. The molecule has 0 radical (unpaired) electrons. The molecule has 3 heterocycles. The molecule has 2 aliphatic rings. The number of carbonyl (C=O) groups is 2. The minimum atomic E-state index is -0.122. The van der Waals surface area contributed by atoms with E-state index in [4.69, 9.17) is 0 Å². The average molecular weight is 367 g/mol. The van der Waals surface area contributed by atoms with Crippen molar-refractivity contribution in [3.8, 4) is 0 Å². The van der Waals surface area contributed by atoms with Crippen molar-refractivity contribution >= 4 is 17.6 Å². The van der Waals surface area contributed by atoms with Gasteiger partial charge in [-0.3, -0.25) is 9.48 Å². The van der Waals surface area contributed by atoms with E-state index >= 15 is 0 Å². The minimum Gasteiger partial charge on any atom is -0.334 e. The smallest absolute Gasteiger partial charge is 0.321 e. The summed E-state index contributed by atoms with van der Waals surface area (Å²) < 4.78 is 1.96. The Labute approximate surface area is 158 Å². The lowest BCUT2D eigenvalue weighted by Crippen LogP contribution is -2.51. The second-order valence-electron chi connectivity index (χ2n) is 7.28. The Morgan fingerprint density at radius 2 is 1.67 bits per heavy atom. The van der Waals surface area contributed by atoms with Crippen LogP contribution in [0.2, 0.25) is 0 Å². The molecule has 1 aromatic heterocycles. The predicted octanol–water partition coefficient (Wildman–Crippen LogP) is 2.52. The van der Waals surface area contributed by atoms with Crippen LogP contribution in [0, 0.1) is 6.92 Å². The molecule has 0 aliphatic carbocycles. The average Bonchev–Trinajstić information content (AvgIpc) is 3.13. The quantitative estimate of drug-likeness (QED) is 0.887. The van der Waals surface area contributed by atoms with Crippen molar-refractivity contribution in [1.29, 1.82) is 0 Å². The molecule has 2 aliphatic heterocycles. The van der Waals surface area contributed by atoms with Crippen LogP contribution < -0.4 is 5.32 Å². The standard InChI is InChI=1S/C20H25N5O2/c1-15-5-7-16(8-6-15)21-20(27)24-12-10-23(11-13-24)19(26)18-14-17-4-2-3-9-25(17)22-18/h5-8,14H,2-4,9-13H2,1H3,(H,21,27). The number of nitrogens with zero attached hydrogens (tertiary/aromatic N) is 4. The van der Waals surface area contributed by atoms with E-state index in [1.807, 2.05) is 41.9 Å². The van der Waals surface area contributed by atoms with Crippen LogP contribution in [0.15, 0.2) is 30.3 Å². The Kier molecular flexibility index (Phi) is 4.83. The normalized spacial score (nSPS) is 16.8. The number of urea groups is 1. The lowest BCUT2D eigenvalue weighted by atomic mass is 10.1. The van der Waals surface area contributed by atoms with Gasteiger partial charge in [0.25, 0.3) is 5.91 Å². The van der Waals surface area contributed by atoms with Gasteiger partial charge in [-0.25, -0.2) is 4.79 Å². The number of anilines is 1. The monoisotopic (exact) mass is 367 g/mol. The topological polar surface area (TPSA) is 70.5 Å². The molecule has 1 N–H and O–H groups in total. The maximum absolute atomic E-state index is 12.7. The summed E-state index contributed by atoms with van der Waals surface area (Å²) in [6.07, 6.45) is 3.28. The van der Waals surface area contributed by atoms with Gasteiger partial charge in [0, 0.05) is 44.1 Å². The third-order valence-electron chi connectivity index (χ3n) is 5.29. The molecule has 0 unspecified atom stereocenters. The summed E-state index contributed by atoms with van der Waals surface area (Å²) in [5.74, 6) is -0.0320. The molecule has 0 atom stereocenters. The zero-order valence-corrected chi connectivity index (χ0v) is 15.6. The molecule has 27 heavy (non-hydrogen) atoms. The van der Waals surface area contributed by atoms with E-state index in [9.17, 15) is 9.59 Å². The molecule has 7 heteroatoms. The number of fused-ring (bicyclic) bond motifs is 1. The van der Waals surface area contributed by atoms with E-state index in [1.165, 1.54) is 0 Å². The Morgan fingerprint density at radius 1 is 0.963 bits per heavy atom. The van der Waals surface area contributed by atoms with Crippen molar-refractivity contribution in [2.24, 2.45) is 0 Å². The van der Waals surface area contributed by atoms with E-state index < -0.39 is 0 Å². The number of hydrogen-bond acceptors (Lipinski definition) is 3. The number of aryl methyl sites for hydroxylation is 3. The van der Waals surface area contributed by atoms with Crippen molar-refractivity contribution in [1.82, 2.24) is 19.6 Å². The first-order valence-electron chi connectivity index (χ1n) is 9.59. The molecule has 7 nitrogen and oxygen atoms in total. The molecular weight excluding hydrogens is 342 g/mol. The van der Waals surface area contributed by atoms with Crippen LogP contribution in [-0.2, 0) is 13.0 Å². The van der Waals surface area contributed by atoms with E-state index in [2.05, 4.69) is 10.4 Å². The van der Waals surface area contributed by atoms with E-state index in [0.717, 1.165) is 42.8 Å². The van der Waals surface area contributed by atoms with Crippen LogP contribution in [0.4, 0.5) is 10.5 Å². The molecule has 3 amide bonds. The summed E-state index contributed by atoms with van der Waals surface area (Å²) in [6.45, 7) is 5.02. The second kappa shape index (κ2) is 7.42. The van der Waals surface area contributed by atoms with Crippen LogP contribution in [0.5, 0.6) is 0 Å². The summed E-state index contributed by atoms with van der Waals surface area (Å²) in [5, 5.41) is 7.39. The number of aromatic nitrogens is 2. The Balaban J connectivity index is 1.33. The van der Waals surface area contributed by atoms with Crippen LogP contribution >= 0.6 is 0 Å². The van der Waals surface area contributed by atoms with E-state index in [0.29, 0.717) is 31.9 Å². The summed E-state index contributed by atoms with van der Waals surface area (Å²) in [6, 6.07) is 9.54. The van der Waals surface area contributed by atoms with Crippen molar-refractivity contribution < 1.29 is 9.59 Å². The highest BCUT2D eigenvalue weighted by molar-refractivity contribution is 5.93.